The largest absolute Gasteiger partial charge is 1.00 e. The topological polar surface area (TPSA) is 298 Å². The third-order valence-corrected chi connectivity index (χ3v) is 7.89. The Hall–Kier alpha value is -6.83. The SMILES string of the molecule is C.C.C.C.CO.COC(=O)c1cc[nH]c(=O)c1.COC(=O)c1ccn(-c2ccccc2)c(=O)c1.O=C(O)c1cc[nH]c(=O)c1.O=S(Cl)Cl.O=c1cc(CO)ccn1-c1ccccc1.OB(O)c1ccccc1.[B].[H-].[Li+]. The number of nitrogens with zero attached hydrogens (tertiary/aromatic N) is 2. The molecule has 0 spiro atoms. The summed E-state index contributed by atoms with van der Waals surface area (Å²) in [7, 11) is 9.57. The Balaban J connectivity index is -0.000000149. The molecular formula is C49H62B2Cl2LiN4O15S. The molecule has 19 nitrogen and oxygen atoms in total. The molecule has 0 bridgehead atoms. The number of hydrogen-bond acceptors (Lipinski definition) is 14. The molecule has 0 aliphatic rings. The van der Waals surface area contributed by atoms with Crippen molar-refractivity contribution in [1.82, 2.24) is 19.1 Å². The van der Waals surface area contributed by atoms with E-state index in [-0.39, 0.29) is 98.4 Å². The first-order valence-electron chi connectivity index (χ1n) is 19.0. The number of esters is 2. The van der Waals surface area contributed by atoms with Crippen molar-refractivity contribution in [1.29, 1.82) is 0 Å². The van der Waals surface area contributed by atoms with Gasteiger partial charge in [-0.3, -0.25) is 28.3 Å². The van der Waals surface area contributed by atoms with Crippen molar-refractivity contribution < 1.29 is 73.7 Å². The summed E-state index contributed by atoms with van der Waals surface area (Å²) in [5, 5.41) is 41.4. The second-order valence-electron chi connectivity index (χ2n) is 12.3. The minimum absolute atomic E-state index is 0. The van der Waals surface area contributed by atoms with Crippen LogP contribution in [0.5, 0.6) is 0 Å². The summed E-state index contributed by atoms with van der Waals surface area (Å²) in [6, 6.07) is 38.2. The molecule has 0 aliphatic heterocycles. The Bertz CT molecular complexity index is 2890. The molecule has 0 atom stereocenters. The third-order valence-electron chi connectivity index (χ3n) is 7.89. The molecule has 3 aromatic carbocycles. The van der Waals surface area contributed by atoms with Gasteiger partial charge in [0, 0.05) is 97.3 Å². The first-order valence-corrected chi connectivity index (χ1v) is 21.8. The van der Waals surface area contributed by atoms with E-state index in [1.807, 2.05) is 66.7 Å². The molecule has 0 saturated heterocycles. The number of ether oxygens (including phenoxy) is 2. The number of nitrogens with one attached hydrogen (secondary N) is 2. The van der Waals surface area contributed by atoms with Crippen LogP contribution in [0.4, 0.5) is 0 Å². The minimum atomic E-state index is -1.67. The zero-order valence-corrected chi connectivity index (χ0v) is 40.2. The van der Waals surface area contributed by atoms with Crippen LogP contribution < -0.4 is 46.6 Å². The van der Waals surface area contributed by atoms with E-state index >= 15 is 0 Å². The predicted molar refractivity (Wildman–Crippen MR) is 292 cm³/mol. The van der Waals surface area contributed by atoms with Crippen LogP contribution in [0.25, 0.3) is 11.4 Å². The first kappa shape index (κ1) is 78.6. The van der Waals surface area contributed by atoms with Crippen LogP contribution >= 0.6 is 21.4 Å². The number of carboxylic acid groups (broad SMARTS) is 1. The van der Waals surface area contributed by atoms with Crippen LogP contribution in [0.1, 0.15) is 67.8 Å². The molecule has 4 aromatic heterocycles. The van der Waals surface area contributed by atoms with Gasteiger partial charge in [-0.1, -0.05) is 96.4 Å². The van der Waals surface area contributed by atoms with Crippen LogP contribution in [0.3, 0.4) is 0 Å². The monoisotopic (exact) mass is 1080 g/mol. The number of para-hydroxylation sites is 2. The van der Waals surface area contributed by atoms with Gasteiger partial charge >= 0.3 is 43.9 Å². The van der Waals surface area contributed by atoms with Gasteiger partial charge in [-0.05, 0) is 59.6 Å². The predicted octanol–water partition coefficient (Wildman–Crippen LogP) is 2.49. The number of carbonyl (C=O) groups is 3. The van der Waals surface area contributed by atoms with Crippen molar-refractivity contribution in [2.75, 3.05) is 21.3 Å². The third kappa shape index (κ3) is 30.9. The molecule has 0 unspecified atom stereocenters. The van der Waals surface area contributed by atoms with Gasteiger partial charge in [-0.15, -0.1) is 0 Å². The average Bonchev–Trinajstić information content (AvgIpc) is 3.35. The number of H-pyrrole nitrogens is 2. The number of aliphatic hydroxyl groups excluding tert-OH is 2. The van der Waals surface area contributed by atoms with Crippen LogP contribution in [-0.4, -0.2) is 103 Å². The van der Waals surface area contributed by atoms with Gasteiger partial charge in [0.15, 0.2) is 0 Å². The number of benzene rings is 3. The van der Waals surface area contributed by atoms with E-state index in [1.165, 1.54) is 61.5 Å². The molecule has 74 heavy (non-hydrogen) atoms. The molecule has 7 N–H and O–H groups in total. The number of aliphatic hydroxyl groups is 2. The van der Waals surface area contributed by atoms with Gasteiger partial charge in [0.25, 0.3) is 11.1 Å². The van der Waals surface area contributed by atoms with E-state index in [1.54, 1.807) is 53.4 Å². The number of hydrogen-bond donors (Lipinski definition) is 7. The number of aromatic nitrogens is 4. The summed E-state index contributed by atoms with van der Waals surface area (Å²) in [5.41, 5.74) is 2.15. The number of methoxy groups -OCH3 is 2. The molecule has 4 heterocycles. The average molecular weight is 1080 g/mol. The maximum Gasteiger partial charge on any atom is 1.00 e. The molecule has 395 valence electrons. The van der Waals surface area contributed by atoms with Crippen molar-refractivity contribution in [3.05, 3.63) is 228 Å². The fraction of sp³-hybridized carbons (Fsp3) is 0.163. The van der Waals surface area contributed by atoms with Gasteiger partial charge in [0.2, 0.25) is 20.3 Å². The zero-order valence-electron chi connectivity index (χ0n) is 38.8. The van der Waals surface area contributed by atoms with E-state index in [0.717, 1.165) is 24.6 Å². The molecule has 0 aliphatic carbocycles. The number of rotatable bonds is 7. The van der Waals surface area contributed by atoms with Gasteiger partial charge in [-0.2, -0.15) is 0 Å². The second kappa shape index (κ2) is 44.8. The van der Waals surface area contributed by atoms with Gasteiger partial charge in [0.1, 0.15) is 0 Å². The molecule has 25 heteroatoms. The molecule has 0 saturated carbocycles. The molecule has 0 fully saturated rings. The van der Waals surface area contributed by atoms with E-state index in [4.69, 9.17) is 29.6 Å². The summed E-state index contributed by atoms with van der Waals surface area (Å²) in [4.78, 5) is 81.5. The molecular weight excluding hydrogens is 1020 g/mol. The molecule has 7 rings (SSSR count). The van der Waals surface area contributed by atoms with Gasteiger partial charge < -0.3 is 46.2 Å². The molecule has 0 amide bonds. The van der Waals surface area contributed by atoms with Crippen molar-refractivity contribution >= 4 is 69.5 Å². The number of carbonyl (C=O) groups excluding carboxylic acids is 2. The summed E-state index contributed by atoms with van der Waals surface area (Å²) in [6.45, 7) is -0.106. The van der Waals surface area contributed by atoms with E-state index in [2.05, 4.69) is 40.8 Å². The Morgan fingerprint density at radius 2 is 0.959 bits per heavy atom. The van der Waals surface area contributed by atoms with E-state index in [9.17, 15) is 33.6 Å². The van der Waals surface area contributed by atoms with Crippen LogP contribution in [0.2, 0.25) is 0 Å². The maximum absolute atomic E-state index is 11.8. The summed E-state index contributed by atoms with van der Waals surface area (Å²) >= 11 is 0. The molecule has 3 radical (unpaired) electrons. The maximum atomic E-state index is 11.8. The van der Waals surface area contributed by atoms with E-state index < -0.39 is 39.8 Å². The smallest absolute Gasteiger partial charge is 1.00 e. The number of aromatic carboxylic acids is 1. The Kier molecular flexibility index (Phi) is 47.6. The fourth-order valence-corrected chi connectivity index (χ4v) is 4.84. The van der Waals surface area contributed by atoms with Crippen molar-refractivity contribution in [3.8, 4) is 11.4 Å². The number of halogens is 2. The van der Waals surface area contributed by atoms with Gasteiger partial charge in [-0.25, -0.2) is 18.6 Å². The summed E-state index contributed by atoms with van der Waals surface area (Å²) < 4.78 is 21.0. The van der Waals surface area contributed by atoms with E-state index in [0.29, 0.717) is 11.0 Å². The number of aromatic amines is 2. The first-order chi connectivity index (χ1) is 32.5. The Labute approximate surface area is 456 Å². The fourth-order valence-electron chi connectivity index (χ4n) is 4.84. The van der Waals surface area contributed by atoms with Gasteiger partial charge in [0.05, 0.1) is 37.5 Å². The molecule has 7 aromatic rings. The Morgan fingerprint density at radius 3 is 1.27 bits per heavy atom. The minimum Gasteiger partial charge on any atom is -1.00 e. The summed E-state index contributed by atoms with van der Waals surface area (Å²) in [6.07, 6.45) is 5.92. The zero-order chi connectivity index (χ0) is 51.0. The van der Waals surface area contributed by atoms with Crippen LogP contribution in [0.15, 0.2) is 183 Å². The number of carboxylic acids is 1. The van der Waals surface area contributed by atoms with Crippen molar-refractivity contribution in [3.63, 3.8) is 0 Å². The van der Waals surface area contributed by atoms with Crippen LogP contribution in [0, 0.1) is 0 Å². The van der Waals surface area contributed by atoms with Crippen molar-refractivity contribution in [2.24, 2.45) is 0 Å². The second-order valence-corrected chi connectivity index (χ2v) is 14.9. The Morgan fingerprint density at radius 1 is 0.608 bits per heavy atom. The summed E-state index contributed by atoms with van der Waals surface area (Å²) in [5.74, 6) is -2.11. The van der Waals surface area contributed by atoms with Crippen molar-refractivity contribution in [2.45, 2.75) is 36.3 Å². The quantitative estimate of drug-likeness (QED) is 0.0686. The number of pyridine rings is 4. The van der Waals surface area contributed by atoms with Crippen LogP contribution in [-0.2, 0) is 25.3 Å². The normalized spacial score (nSPS) is 8.62. The standard InChI is InChI=1S/C13H11NO3.C12H11NO2.C7H7NO3.C6H7BO2.C6H5NO3.CH4O.4CH4.B.Cl2OS.Li.H/c1-17-13(16)10-7-8-14(12(15)9-10)11-5-3-2-4-6-11;14-9-10-6-7-13(12(15)8-10)11-4-2-1-3-5-11;1-11-7(10)5-2-3-8-6(9)4-5;8-7(9)6-4-2-1-3-5-6;8-5-3-4(6(9)10)1-2-7-5;1-2;;;;;;1-4(2)3;;/h2-9H,1H3;1-8,14H,9H2;2-4H,1H3,(H,8,9);1-5,8-9H;1-3H,(H,7,8)(H,9,10);2H,1H3;4*1H4;;;;/q;;;;;;;;;;;;+1;-1.